The summed E-state index contributed by atoms with van der Waals surface area (Å²) >= 11 is 1.49. The second-order valence-electron chi connectivity index (χ2n) is 16.4. The van der Waals surface area contributed by atoms with Crippen LogP contribution < -0.4 is 16.5 Å². The highest BCUT2D eigenvalue weighted by Gasteiger charge is 2.42. The van der Waals surface area contributed by atoms with E-state index in [1.165, 1.54) is 16.2 Å². The molecule has 1 aliphatic rings. The van der Waals surface area contributed by atoms with Gasteiger partial charge in [0.25, 0.3) is 0 Å². The second-order valence-corrected chi connectivity index (χ2v) is 17.3. The molecule has 1 saturated heterocycles. The molecule has 1 fully saturated rings. The van der Waals surface area contributed by atoms with Gasteiger partial charge in [0.05, 0.1) is 55.8 Å². The topological polar surface area (TPSA) is 186 Å². The summed E-state index contributed by atoms with van der Waals surface area (Å²) in [4.78, 5) is 82.3. The molecule has 8 unspecified atom stereocenters. The summed E-state index contributed by atoms with van der Waals surface area (Å²) in [5.74, 6) is 3.02. The first-order valence-corrected chi connectivity index (χ1v) is 22.3. The number of rotatable bonds is 26. The van der Waals surface area contributed by atoms with Crippen LogP contribution in [0.4, 0.5) is 0 Å². The van der Waals surface area contributed by atoms with E-state index in [1.807, 2.05) is 70.3 Å². The highest BCUT2D eigenvalue weighted by Crippen LogP contribution is 2.30. The lowest BCUT2D eigenvalue weighted by Crippen LogP contribution is -2.55. The molecular formula is C44H71N7O8S. The average molecular weight is 858 g/mol. The largest absolute Gasteiger partial charge is 0.379 e. The van der Waals surface area contributed by atoms with Gasteiger partial charge in [-0.25, -0.2) is 10.9 Å². The molecule has 0 radical (unpaired) electrons. The third-order valence-corrected chi connectivity index (χ3v) is 12.8. The van der Waals surface area contributed by atoms with E-state index in [-0.39, 0.29) is 66.9 Å². The first kappa shape index (κ1) is 50.4. The summed E-state index contributed by atoms with van der Waals surface area (Å²) in [6.07, 6.45) is 5.70. The Morgan fingerprint density at radius 2 is 1.68 bits per heavy atom. The molecule has 8 atom stereocenters. The molecule has 0 spiro atoms. The summed E-state index contributed by atoms with van der Waals surface area (Å²) in [5, 5.41) is 8.70. The van der Waals surface area contributed by atoms with Gasteiger partial charge in [0, 0.05) is 52.9 Å². The van der Waals surface area contributed by atoms with Crippen LogP contribution in [0.15, 0.2) is 41.9 Å². The van der Waals surface area contributed by atoms with Gasteiger partial charge in [-0.3, -0.25) is 24.0 Å². The molecule has 15 nitrogen and oxygen atoms in total. The number of carbonyl (C=O) groups excluding carboxylic acids is 5. The van der Waals surface area contributed by atoms with E-state index in [1.54, 1.807) is 44.3 Å². The zero-order valence-corrected chi connectivity index (χ0v) is 38.1. The molecule has 16 heteroatoms. The van der Waals surface area contributed by atoms with Gasteiger partial charge in [0.15, 0.2) is 0 Å². The van der Waals surface area contributed by atoms with Crippen LogP contribution in [0.3, 0.4) is 0 Å². The highest BCUT2D eigenvalue weighted by atomic mass is 32.1. The third-order valence-electron chi connectivity index (χ3n) is 11.9. The highest BCUT2D eigenvalue weighted by molar-refractivity contribution is 7.09. The van der Waals surface area contributed by atoms with Crippen molar-refractivity contribution in [1.29, 1.82) is 0 Å². The van der Waals surface area contributed by atoms with E-state index < -0.39 is 36.1 Å². The van der Waals surface area contributed by atoms with Crippen molar-refractivity contribution in [2.45, 2.75) is 129 Å². The molecule has 60 heavy (non-hydrogen) atoms. The lowest BCUT2D eigenvalue weighted by atomic mass is 9.90. The van der Waals surface area contributed by atoms with E-state index in [9.17, 15) is 24.0 Å². The van der Waals surface area contributed by atoms with Crippen molar-refractivity contribution in [2.24, 2.45) is 23.7 Å². The van der Waals surface area contributed by atoms with Gasteiger partial charge >= 0.3 is 0 Å². The minimum absolute atomic E-state index is 0.00771. The summed E-state index contributed by atoms with van der Waals surface area (Å²) in [6, 6.07) is 8.06. The monoisotopic (exact) mass is 858 g/mol. The summed E-state index contributed by atoms with van der Waals surface area (Å²) in [6.45, 7) is 10.2. The number of nitrogens with two attached hydrogens (primary N) is 1. The van der Waals surface area contributed by atoms with Crippen molar-refractivity contribution in [3.05, 3.63) is 52.5 Å². The molecule has 0 saturated carbocycles. The fourth-order valence-corrected chi connectivity index (χ4v) is 9.06. The van der Waals surface area contributed by atoms with Gasteiger partial charge in [-0.2, -0.15) is 0 Å². The fraction of sp³-hybridized carbons (Fsp3) is 0.682. The minimum Gasteiger partial charge on any atom is -0.379 e. The Balaban J connectivity index is 1.68. The maximum atomic E-state index is 14.2. The lowest BCUT2D eigenvalue weighted by Gasteiger charge is -2.39. The van der Waals surface area contributed by atoms with Crippen molar-refractivity contribution in [2.75, 3.05) is 48.0 Å². The number of carbonyl (C=O) groups is 5. The molecule has 336 valence electrons. The maximum Gasteiger partial charge on any atom is 0.243 e. The lowest BCUT2D eigenvalue weighted by molar-refractivity contribution is -0.146. The van der Waals surface area contributed by atoms with E-state index >= 15 is 0 Å². The van der Waals surface area contributed by atoms with Gasteiger partial charge in [0.2, 0.25) is 29.5 Å². The number of benzene rings is 1. The first-order valence-electron chi connectivity index (χ1n) is 21.4. The van der Waals surface area contributed by atoms with E-state index in [4.69, 9.17) is 15.4 Å². The number of likely N-dealkylation sites (tertiary alicyclic amines) is 1. The molecule has 0 aliphatic carbocycles. The van der Waals surface area contributed by atoms with Crippen LogP contribution in [0.2, 0.25) is 0 Å². The van der Waals surface area contributed by atoms with Crippen molar-refractivity contribution < 1.29 is 38.3 Å². The van der Waals surface area contributed by atoms with Gasteiger partial charge in [-0.15, -0.1) is 11.3 Å². The van der Waals surface area contributed by atoms with Crippen LogP contribution >= 0.6 is 11.3 Å². The van der Waals surface area contributed by atoms with E-state index in [0.29, 0.717) is 38.8 Å². The normalized spacial score (nSPS) is 17.6. The third kappa shape index (κ3) is 14.3. The number of hydrogen-bond donors (Lipinski definition) is 3. The number of likely N-dealkylation sites (N-methyl/N-ethyl adjacent to an activating group) is 2. The zero-order chi connectivity index (χ0) is 44.4. The molecule has 1 aromatic carbocycles. The molecule has 1 aromatic heterocycles. The number of methoxy groups -OCH3 is 2. The predicted molar refractivity (Wildman–Crippen MR) is 232 cm³/mol. The summed E-state index contributed by atoms with van der Waals surface area (Å²) in [7, 11) is 6.41. The smallest absolute Gasteiger partial charge is 0.243 e. The van der Waals surface area contributed by atoms with Crippen LogP contribution in [-0.4, -0.2) is 128 Å². The van der Waals surface area contributed by atoms with Crippen molar-refractivity contribution in [1.82, 2.24) is 30.3 Å². The fourth-order valence-electron chi connectivity index (χ4n) is 8.37. The Morgan fingerprint density at radius 1 is 0.967 bits per heavy atom. The van der Waals surface area contributed by atoms with Crippen LogP contribution in [0.5, 0.6) is 0 Å². The molecular weight excluding hydrogens is 787 g/mol. The number of nitrogens with one attached hydrogen (secondary N) is 2. The van der Waals surface area contributed by atoms with Gasteiger partial charge in [0.1, 0.15) is 11.0 Å². The molecule has 0 bridgehead atoms. The van der Waals surface area contributed by atoms with E-state index in [2.05, 4.69) is 20.5 Å². The number of aromatic nitrogens is 1. The Kier molecular flexibility index (Phi) is 21.6. The zero-order valence-electron chi connectivity index (χ0n) is 37.3. The maximum absolute atomic E-state index is 14.2. The van der Waals surface area contributed by atoms with Gasteiger partial charge < -0.3 is 39.6 Å². The SMILES string of the molecule is CCC(C)C(C(CC(=O)N1CCCC1C(OC)C(C)C(=O)NC(Cc1ccccc1)c1nccs1)OC)N(C)C(=O)CNC(=O)C(C(C)C)N(C)C(=O)CCCCCON. The Bertz CT molecular complexity index is 1620. The van der Waals surface area contributed by atoms with Crippen molar-refractivity contribution in [3.63, 3.8) is 0 Å². The number of hydrogen-bond acceptors (Lipinski definition) is 11. The second kappa shape index (κ2) is 25.7. The van der Waals surface area contributed by atoms with Gasteiger partial charge in [-0.05, 0) is 49.5 Å². The van der Waals surface area contributed by atoms with Crippen molar-refractivity contribution >= 4 is 40.9 Å². The van der Waals surface area contributed by atoms with Crippen LogP contribution in [0.25, 0.3) is 0 Å². The van der Waals surface area contributed by atoms with Gasteiger partial charge in [-0.1, -0.05) is 77.8 Å². The standard InChI is InChI=1S/C44H71N7O8S/c1-10-30(4)40(50(7)38(54)28-47-43(56)39(29(2)3)49(6)36(52)21-15-12-16-24-59-45)35(57-8)27-37(53)51-23-17-20-34(51)41(58-9)31(5)42(55)48-33(44-46-22-25-60-44)26-32-18-13-11-14-19-32/h11,13-14,18-19,22,25,29-31,33-35,39-41H,10,12,15-17,20-21,23-24,26-28,45H2,1-9H3,(H,47,56)(H,48,55). The first-order chi connectivity index (χ1) is 28.7. The molecule has 3 rings (SSSR count). The minimum atomic E-state index is -0.760. The average Bonchev–Trinajstić information content (AvgIpc) is 3.96. The molecule has 2 aromatic rings. The predicted octanol–water partition coefficient (Wildman–Crippen LogP) is 4.51. The van der Waals surface area contributed by atoms with Crippen LogP contribution in [0.1, 0.15) is 103 Å². The number of ether oxygens (including phenoxy) is 2. The number of thiazole rings is 1. The van der Waals surface area contributed by atoms with E-state index in [0.717, 1.165) is 29.8 Å². The van der Waals surface area contributed by atoms with Crippen molar-refractivity contribution in [3.8, 4) is 0 Å². The Hall–Kier alpha value is -3.96. The molecule has 5 amide bonds. The molecule has 4 N–H and O–H groups in total. The Morgan fingerprint density at radius 3 is 2.28 bits per heavy atom. The number of amides is 5. The Labute approximate surface area is 361 Å². The number of nitrogens with zero attached hydrogens (tertiary/aromatic N) is 4. The molecule has 2 heterocycles. The van der Waals surface area contributed by atoms with Crippen LogP contribution in [-0.2, 0) is 44.7 Å². The van der Waals surface area contributed by atoms with Crippen LogP contribution in [0, 0.1) is 17.8 Å². The quantitative estimate of drug-likeness (QED) is 0.0899. The molecule has 1 aliphatic heterocycles. The summed E-state index contributed by atoms with van der Waals surface area (Å²) in [5.41, 5.74) is 1.08. The number of unbranched alkanes of at least 4 members (excludes halogenated alkanes) is 2. The summed E-state index contributed by atoms with van der Waals surface area (Å²) < 4.78 is 12.0.